The Morgan fingerprint density at radius 2 is 1.85 bits per heavy atom. The molecule has 0 aliphatic carbocycles. The van der Waals surface area contributed by atoms with E-state index in [1.165, 1.54) is 11.3 Å². The van der Waals surface area contributed by atoms with Crippen molar-refractivity contribution in [2.75, 3.05) is 31.1 Å². The fraction of sp³-hybridized carbons (Fsp3) is 0.238. The second kappa shape index (κ2) is 7.30. The molecule has 26 heavy (non-hydrogen) atoms. The Morgan fingerprint density at radius 1 is 1.04 bits per heavy atom. The Morgan fingerprint density at radius 3 is 2.58 bits per heavy atom. The smallest absolute Gasteiger partial charge is 0.253 e. The van der Waals surface area contributed by atoms with Crippen LogP contribution in [0.25, 0.3) is 10.6 Å². The number of aryl methyl sites for hydroxylation is 1. The van der Waals surface area contributed by atoms with Crippen molar-refractivity contribution < 1.29 is 4.79 Å². The van der Waals surface area contributed by atoms with E-state index in [9.17, 15) is 4.79 Å². The van der Waals surface area contributed by atoms with E-state index < -0.39 is 0 Å². The van der Waals surface area contributed by atoms with Crippen LogP contribution in [0.1, 0.15) is 15.9 Å². The van der Waals surface area contributed by atoms with E-state index in [4.69, 9.17) is 0 Å². The minimum Gasteiger partial charge on any atom is -0.368 e. The number of benzene rings is 2. The number of hydrogen-bond donors (Lipinski definition) is 0. The zero-order valence-electron chi connectivity index (χ0n) is 14.8. The summed E-state index contributed by atoms with van der Waals surface area (Å²) in [6.45, 7) is 5.32. The maximum Gasteiger partial charge on any atom is 0.253 e. The van der Waals surface area contributed by atoms with Gasteiger partial charge in [-0.2, -0.15) is 0 Å². The highest BCUT2D eigenvalue weighted by Gasteiger charge is 2.22. The van der Waals surface area contributed by atoms with Crippen LogP contribution in [0.5, 0.6) is 0 Å². The molecule has 0 bridgehead atoms. The molecular weight excluding hydrogens is 342 g/mol. The average molecular weight is 363 g/mol. The molecule has 0 unspecified atom stereocenters. The van der Waals surface area contributed by atoms with Crippen LogP contribution >= 0.6 is 11.3 Å². The van der Waals surface area contributed by atoms with Gasteiger partial charge in [0.05, 0.1) is 0 Å². The van der Waals surface area contributed by atoms with Crippen molar-refractivity contribution in [2.24, 2.45) is 0 Å². The molecule has 0 spiro atoms. The second-order valence-corrected chi connectivity index (χ2v) is 7.43. The maximum atomic E-state index is 12.9. The third kappa shape index (κ3) is 3.48. The first-order valence-corrected chi connectivity index (χ1v) is 9.69. The summed E-state index contributed by atoms with van der Waals surface area (Å²) in [6, 6.07) is 16.3. The number of amides is 1. The third-order valence-electron chi connectivity index (χ3n) is 4.72. The second-order valence-electron chi connectivity index (χ2n) is 6.54. The van der Waals surface area contributed by atoms with Crippen LogP contribution in [0, 0.1) is 6.92 Å². The van der Waals surface area contributed by atoms with E-state index in [1.54, 1.807) is 17.5 Å². The van der Waals surface area contributed by atoms with Crippen molar-refractivity contribution in [2.45, 2.75) is 6.92 Å². The average Bonchev–Trinajstić information content (AvgIpc) is 3.23. The van der Waals surface area contributed by atoms with Crippen LogP contribution < -0.4 is 4.90 Å². The first-order valence-electron chi connectivity index (χ1n) is 8.81. The van der Waals surface area contributed by atoms with Crippen LogP contribution in [0.3, 0.4) is 0 Å². The lowest BCUT2D eigenvalue weighted by molar-refractivity contribution is 0.0747. The fourth-order valence-corrected chi connectivity index (χ4v) is 3.96. The summed E-state index contributed by atoms with van der Waals surface area (Å²) < 4.78 is 0. The Labute approximate surface area is 157 Å². The highest BCUT2D eigenvalue weighted by molar-refractivity contribution is 7.13. The predicted molar refractivity (Wildman–Crippen MR) is 107 cm³/mol. The largest absolute Gasteiger partial charge is 0.368 e. The quantitative estimate of drug-likeness (QED) is 0.703. The molecule has 1 aromatic heterocycles. The zero-order chi connectivity index (χ0) is 17.9. The Bertz CT molecular complexity index is 899. The predicted octanol–water partition coefficient (Wildman–Crippen LogP) is 4.08. The lowest BCUT2D eigenvalue weighted by Gasteiger charge is -2.36. The number of hydrogen-bond acceptors (Lipinski definition) is 4. The summed E-state index contributed by atoms with van der Waals surface area (Å²) in [4.78, 5) is 21.5. The van der Waals surface area contributed by atoms with Gasteiger partial charge in [0.15, 0.2) is 0 Å². The molecule has 0 saturated carbocycles. The normalized spacial score (nSPS) is 14.5. The van der Waals surface area contributed by atoms with Crippen molar-refractivity contribution in [1.82, 2.24) is 9.88 Å². The first-order chi connectivity index (χ1) is 12.7. The Hall–Kier alpha value is -2.66. The topological polar surface area (TPSA) is 36.4 Å². The van der Waals surface area contributed by atoms with Gasteiger partial charge in [0, 0.05) is 54.6 Å². The summed E-state index contributed by atoms with van der Waals surface area (Å²) in [5, 5.41) is 2.90. The number of aromatic nitrogens is 1. The lowest BCUT2D eigenvalue weighted by atomic mass is 10.1. The molecule has 1 fully saturated rings. The molecule has 0 N–H and O–H groups in total. The van der Waals surface area contributed by atoms with Gasteiger partial charge in [-0.05, 0) is 36.8 Å². The van der Waals surface area contributed by atoms with Gasteiger partial charge >= 0.3 is 0 Å². The van der Waals surface area contributed by atoms with E-state index in [1.807, 2.05) is 34.5 Å². The molecule has 0 radical (unpaired) electrons. The fourth-order valence-electron chi connectivity index (χ4n) is 3.33. The third-order valence-corrected chi connectivity index (χ3v) is 5.54. The van der Waals surface area contributed by atoms with Crippen molar-refractivity contribution >= 4 is 22.9 Å². The van der Waals surface area contributed by atoms with Gasteiger partial charge in [-0.25, -0.2) is 4.98 Å². The van der Waals surface area contributed by atoms with Gasteiger partial charge in [-0.1, -0.05) is 24.3 Å². The minimum absolute atomic E-state index is 0.104. The van der Waals surface area contributed by atoms with E-state index in [0.29, 0.717) is 0 Å². The molecular formula is C21H21N3OS. The van der Waals surface area contributed by atoms with Gasteiger partial charge in [0.2, 0.25) is 0 Å². The molecule has 1 aliphatic heterocycles. The van der Waals surface area contributed by atoms with Gasteiger partial charge in [0.25, 0.3) is 5.91 Å². The van der Waals surface area contributed by atoms with Gasteiger partial charge in [0.1, 0.15) is 5.01 Å². The van der Waals surface area contributed by atoms with Crippen LogP contribution in [0.4, 0.5) is 5.69 Å². The molecule has 1 saturated heterocycles. The number of rotatable bonds is 3. The lowest BCUT2D eigenvalue weighted by Crippen LogP contribution is -2.48. The van der Waals surface area contributed by atoms with E-state index in [-0.39, 0.29) is 5.91 Å². The van der Waals surface area contributed by atoms with Crippen molar-refractivity contribution in [3.05, 3.63) is 71.2 Å². The van der Waals surface area contributed by atoms with Crippen LogP contribution in [-0.2, 0) is 0 Å². The van der Waals surface area contributed by atoms with Crippen molar-refractivity contribution in [1.29, 1.82) is 0 Å². The standard InChI is InChI=1S/C21H21N3OS/c1-16-4-2-7-19(14-16)23-9-11-24(12-10-23)21(25)18-6-3-5-17(15-18)20-22-8-13-26-20/h2-8,13-15H,9-12H2,1H3. The van der Waals surface area contributed by atoms with E-state index in [2.05, 4.69) is 41.1 Å². The SMILES string of the molecule is Cc1cccc(N2CCN(C(=O)c3cccc(-c4nccs4)c3)CC2)c1. The molecule has 4 rings (SSSR count). The minimum atomic E-state index is 0.104. The summed E-state index contributed by atoms with van der Waals surface area (Å²) in [7, 11) is 0. The van der Waals surface area contributed by atoms with Crippen LogP contribution in [0.15, 0.2) is 60.1 Å². The molecule has 132 valence electrons. The van der Waals surface area contributed by atoms with Gasteiger partial charge in [-0.3, -0.25) is 4.79 Å². The van der Waals surface area contributed by atoms with Crippen LogP contribution in [-0.4, -0.2) is 42.0 Å². The monoisotopic (exact) mass is 363 g/mol. The molecule has 1 aliphatic rings. The zero-order valence-corrected chi connectivity index (χ0v) is 15.6. The molecule has 1 amide bonds. The molecule has 2 aromatic carbocycles. The number of carbonyl (C=O) groups excluding carboxylic acids is 1. The number of anilines is 1. The molecule has 2 heterocycles. The number of nitrogens with zero attached hydrogens (tertiary/aromatic N) is 3. The first kappa shape index (κ1) is 16.8. The number of piperazine rings is 1. The molecule has 5 heteroatoms. The maximum absolute atomic E-state index is 12.9. The molecule has 3 aromatic rings. The van der Waals surface area contributed by atoms with Gasteiger partial charge < -0.3 is 9.80 Å². The number of thiazole rings is 1. The highest BCUT2D eigenvalue weighted by atomic mass is 32.1. The van der Waals surface area contributed by atoms with Crippen molar-refractivity contribution in [3.63, 3.8) is 0 Å². The van der Waals surface area contributed by atoms with E-state index >= 15 is 0 Å². The number of carbonyl (C=O) groups is 1. The van der Waals surface area contributed by atoms with Crippen LogP contribution in [0.2, 0.25) is 0 Å². The van der Waals surface area contributed by atoms with Crippen molar-refractivity contribution in [3.8, 4) is 10.6 Å². The van der Waals surface area contributed by atoms with E-state index in [0.717, 1.165) is 42.3 Å². The highest BCUT2D eigenvalue weighted by Crippen LogP contribution is 2.24. The summed E-state index contributed by atoms with van der Waals surface area (Å²) in [6.07, 6.45) is 1.79. The summed E-state index contributed by atoms with van der Waals surface area (Å²) in [5.41, 5.74) is 4.24. The van der Waals surface area contributed by atoms with Gasteiger partial charge in [-0.15, -0.1) is 11.3 Å². The Kier molecular flexibility index (Phi) is 4.71. The summed E-state index contributed by atoms with van der Waals surface area (Å²) >= 11 is 1.59. The Balaban J connectivity index is 1.45. The molecule has 0 atom stereocenters. The summed E-state index contributed by atoms with van der Waals surface area (Å²) in [5.74, 6) is 0.104. The molecule has 4 nitrogen and oxygen atoms in total.